The van der Waals surface area contributed by atoms with Crippen LogP contribution in [0.15, 0.2) is 30.5 Å². The smallest absolute Gasteiger partial charge is 0.332 e. The lowest BCUT2D eigenvalue weighted by atomic mass is 10.1. The number of carboxylic acid groups (broad SMARTS) is 1. The summed E-state index contributed by atoms with van der Waals surface area (Å²) in [5.41, 5.74) is 2.04. The van der Waals surface area contributed by atoms with Crippen molar-refractivity contribution in [3.05, 3.63) is 41.7 Å². The molecule has 0 radical (unpaired) electrons. The monoisotopic (exact) mass is 290 g/mol. The highest BCUT2D eigenvalue weighted by molar-refractivity contribution is 5.78. The predicted octanol–water partition coefficient (Wildman–Crippen LogP) is 1.21. The average Bonchev–Trinajstić information content (AvgIpc) is 2.92. The lowest BCUT2D eigenvalue weighted by Crippen LogP contribution is -2.21. The third-order valence-electron chi connectivity index (χ3n) is 3.09. The number of aliphatic hydroxyl groups excluding tert-OH is 1. The van der Waals surface area contributed by atoms with Crippen LogP contribution in [0.1, 0.15) is 23.7 Å². The fraction of sp³-hybridized carbons (Fsp3) is 0.357. The van der Waals surface area contributed by atoms with E-state index in [9.17, 15) is 9.90 Å². The number of hydrogen-bond acceptors (Lipinski definition) is 5. The van der Waals surface area contributed by atoms with Gasteiger partial charge in [0.2, 0.25) is 0 Å². The molecule has 1 aromatic carbocycles. The molecule has 0 fully saturated rings. The maximum Gasteiger partial charge on any atom is 0.332 e. The van der Waals surface area contributed by atoms with E-state index in [0.29, 0.717) is 18.7 Å². The zero-order chi connectivity index (χ0) is 15.2. The first-order chi connectivity index (χ1) is 10.1. The minimum absolute atomic E-state index is 0.0546. The zero-order valence-corrected chi connectivity index (χ0v) is 11.7. The number of rotatable bonds is 7. The summed E-state index contributed by atoms with van der Waals surface area (Å²) in [6, 6.07) is 6.49. The molecule has 0 bridgehead atoms. The Hall–Kier alpha value is -2.41. The molecule has 0 saturated heterocycles. The van der Waals surface area contributed by atoms with Gasteiger partial charge < -0.3 is 15.5 Å². The van der Waals surface area contributed by atoms with Crippen LogP contribution in [0.2, 0.25) is 0 Å². The van der Waals surface area contributed by atoms with Gasteiger partial charge in [0.25, 0.3) is 0 Å². The predicted molar refractivity (Wildman–Crippen MR) is 76.9 cm³/mol. The van der Waals surface area contributed by atoms with E-state index in [0.717, 1.165) is 11.3 Å². The van der Waals surface area contributed by atoms with Crippen molar-refractivity contribution >= 4 is 11.7 Å². The second-order valence-electron chi connectivity index (χ2n) is 4.71. The van der Waals surface area contributed by atoms with Crippen LogP contribution in [-0.4, -0.2) is 37.8 Å². The first kappa shape index (κ1) is 15.0. The normalized spacial score (nSPS) is 12.1. The number of aryl methyl sites for hydroxylation is 2. The SMILES string of the molecule is Cc1ccccc1NC(C(=O)O)c1cn(CCCO)nn1. The van der Waals surface area contributed by atoms with Gasteiger partial charge in [0, 0.05) is 18.8 Å². The molecule has 0 spiro atoms. The van der Waals surface area contributed by atoms with Crippen molar-refractivity contribution in [1.82, 2.24) is 15.0 Å². The number of para-hydroxylation sites is 1. The highest BCUT2D eigenvalue weighted by Gasteiger charge is 2.23. The number of nitrogens with one attached hydrogen (secondary N) is 1. The van der Waals surface area contributed by atoms with Crippen LogP contribution in [-0.2, 0) is 11.3 Å². The van der Waals surface area contributed by atoms with Crippen LogP contribution in [0.25, 0.3) is 0 Å². The summed E-state index contributed by atoms with van der Waals surface area (Å²) in [6.07, 6.45) is 2.13. The highest BCUT2D eigenvalue weighted by atomic mass is 16.4. The second kappa shape index (κ2) is 6.85. The number of benzene rings is 1. The van der Waals surface area contributed by atoms with Gasteiger partial charge in [0.1, 0.15) is 5.69 Å². The molecule has 2 rings (SSSR count). The lowest BCUT2D eigenvalue weighted by molar-refractivity contribution is -0.138. The van der Waals surface area contributed by atoms with Gasteiger partial charge in [-0.1, -0.05) is 23.4 Å². The van der Waals surface area contributed by atoms with Crippen molar-refractivity contribution in [2.75, 3.05) is 11.9 Å². The van der Waals surface area contributed by atoms with E-state index in [4.69, 9.17) is 5.11 Å². The molecule has 1 aromatic heterocycles. The molecule has 3 N–H and O–H groups in total. The first-order valence-electron chi connectivity index (χ1n) is 6.67. The summed E-state index contributed by atoms with van der Waals surface area (Å²) in [7, 11) is 0. The largest absolute Gasteiger partial charge is 0.479 e. The Bertz CT molecular complexity index is 612. The molecule has 7 heteroatoms. The van der Waals surface area contributed by atoms with Crippen molar-refractivity contribution < 1.29 is 15.0 Å². The maximum atomic E-state index is 11.5. The Labute approximate surface area is 122 Å². The fourth-order valence-electron chi connectivity index (χ4n) is 1.94. The van der Waals surface area contributed by atoms with Gasteiger partial charge >= 0.3 is 5.97 Å². The van der Waals surface area contributed by atoms with Gasteiger partial charge in [-0.25, -0.2) is 4.79 Å². The van der Waals surface area contributed by atoms with Crippen molar-refractivity contribution in [3.63, 3.8) is 0 Å². The van der Waals surface area contributed by atoms with Gasteiger partial charge in [-0.2, -0.15) is 0 Å². The third-order valence-corrected chi connectivity index (χ3v) is 3.09. The topological polar surface area (TPSA) is 100 Å². The van der Waals surface area contributed by atoms with Gasteiger partial charge in [-0.15, -0.1) is 5.10 Å². The molecule has 7 nitrogen and oxygen atoms in total. The molecule has 1 unspecified atom stereocenters. The number of anilines is 1. The number of aromatic nitrogens is 3. The molecule has 0 aliphatic carbocycles. The van der Waals surface area contributed by atoms with Gasteiger partial charge in [0.15, 0.2) is 6.04 Å². The van der Waals surface area contributed by atoms with E-state index in [1.54, 1.807) is 6.20 Å². The number of carboxylic acids is 1. The molecule has 21 heavy (non-hydrogen) atoms. The fourth-order valence-corrected chi connectivity index (χ4v) is 1.94. The molecule has 1 atom stereocenters. The van der Waals surface area contributed by atoms with E-state index in [-0.39, 0.29) is 6.61 Å². The Balaban J connectivity index is 2.17. The minimum Gasteiger partial charge on any atom is -0.479 e. The summed E-state index contributed by atoms with van der Waals surface area (Å²) in [5.74, 6) is -1.02. The number of carbonyl (C=O) groups is 1. The molecule has 0 saturated carbocycles. The van der Waals surface area contributed by atoms with Crippen LogP contribution in [0.3, 0.4) is 0 Å². The number of nitrogens with zero attached hydrogens (tertiary/aromatic N) is 3. The third kappa shape index (κ3) is 3.79. The minimum atomic E-state index is -1.02. The molecule has 0 aliphatic heterocycles. The highest BCUT2D eigenvalue weighted by Crippen LogP contribution is 2.21. The molecule has 2 aromatic rings. The van der Waals surface area contributed by atoms with Crippen molar-refractivity contribution in [3.8, 4) is 0 Å². The molecule has 1 heterocycles. The number of aliphatic carboxylic acids is 1. The van der Waals surface area contributed by atoms with E-state index in [1.165, 1.54) is 4.68 Å². The summed E-state index contributed by atoms with van der Waals surface area (Å²) in [6.45, 7) is 2.46. The van der Waals surface area contributed by atoms with Crippen LogP contribution in [0.4, 0.5) is 5.69 Å². The Morgan fingerprint density at radius 1 is 1.43 bits per heavy atom. The Kier molecular flexibility index (Phi) is 4.89. The quantitative estimate of drug-likeness (QED) is 0.708. The van der Waals surface area contributed by atoms with Crippen LogP contribution >= 0.6 is 0 Å². The van der Waals surface area contributed by atoms with Gasteiger partial charge in [0.05, 0.1) is 6.20 Å². The second-order valence-corrected chi connectivity index (χ2v) is 4.71. The van der Waals surface area contributed by atoms with Crippen LogP contribution in [0, 0.1) is 6.92 Å². The van der Waals surface area contributed by atoms with E-state index >= 15 is 0 Å². The van der Waals surface area contributed by atoms with Crippen molar-refractivity contribution in [2.45, 2.75) is 25.9 Å². The molecule has 0 aliphatic rings. The van der Waals surface area contributed by atoms with Gasteiger partial charge in [-0.3, -0.25) is 4.68 Å². The lowest BCUT2D eigenvalue weighted by Gasteiger charge is -2.15. The van der Waals surface area contributed by atoms with E-state index < -0.39 is 12.0 Å². The van der Waals surface area contributed by atoms with Crippen LogP contribution in [0.5, 0.6) is 0 Å². The summed E-state index contributed by atoms with van der Waals surface area (Å²) in [5, 5.41) is 28.9. The number of hydrogen-bond donors (Lipinski definition) is 3. The Morgan fingerprint density at radius 3 is 2.86 bits per heavy atom. The average molecular weight is 290 g/mol. The van der Waals surface area contributed by atoms with E-state index in [1.807, 2.05) is 31.2 Å². The molecular weight excluding hydrogens is 272 g/mol. The van der Waals surface area contributed by atoms with Gasteiger partial charge in [-0.05, 0) is 25.0 Å². The van der Waals surface area contributed by atoms with Crippen LogP contribution < -0.4 is 5.32 Å². The maximum absolute atomic E-state index is 11.5. The first-order valence-corrected chi connectivity index (χ1v) is 6.67. The number of aliphatic hydroxyl groups is 1. The van der Waals surface area contributed by atoms with Crippen molar-refractivity contribution in [1.29, 1.82) is 0 Å². The van der Waals surface area contributed by atoms with Crippen molar-refractivity contribution in [2.24, 2.45) is 0 Å². The summed E-state index contributed by atoms with van der Waals surface area (Å²) >= 11 is 0. The zero-order valence-electron chi connectivity index (χ0n) is 11.7. The standard InChI is InChI=1S/C14H18N4O3/c1-10-5-2-3-6-11(10)15-13(14(20)21)12-9-18(17-16-12)7-4-8-19/h2-3,5-6,9,13,15,19H,4,7-8H2,1H3,(H,20,21). The summed E-state index contributed by atoms with van der Waals surface area (Å²) < 4.78 is 1.53. The summed E-state index contributed by atoms with van der Waals surface area (Å²) in [4.78, 5) is 11.5. The molecule has 112 valence electrons. The van der Waals surface area contributed by atoms with E-state index in [2.05, 4.69) is 15.6 Å². The molecular formula is C14H18N4O3. The Morgan fingerprint density at radius 2 is 2.19 bits per heavy atom. The molecule has 0 amide bonds.